The lowest BCUT2D eigenvalue weighted by Gasteiger charge is -2.12. The number of carbonyl (C=O) groups is 1. The lowest BCUT2D eigenvalue weighted by molar-refractivity contribution is -0.137. The van der Waals surface area contributed by atoms with Gasteiger partial charge in [0, 0.05) is 31.0 Å². The van der Waals surface area contributed by atoms with E-state index in [1.165, 1.54) is 12.4 Å². The standard InChI is InChI=1S/C19H17ClF3N7O/c20-14-5-4-12(9-13(14)19(21,22)23)29-18(31)26-8-7-25-16-10-17(28-11-27-16)30-15-3-1-2-6-24-15/h1-6,9-11H,7-8H2,(H2,26,29,31)(H2,24,25,27,28,30). The van der Waals surface area contributed by atoms with Crippen molar-refractivity contribution in [2.75, 3.05) is 29.0 Å². The van der Waals surface area contributed by atoms with Crippen LogP contribution in [-0.2, 0) is 6.18 Å². The number of halogens is 4. The maximum atomic E-state index is 12.9. The molecule has 0 spiro atoms. The number of nitrogens with zero attached hydrogens (tertiary/aromatic N) is 3. The summed E-state index contributed by atoms with van der Waals surface area (Å²) < 4.78 is 38.7. The van der Waals surface area contributed by atoms with Crippen molar-refractivity contribution in [3.63, 3.8) is 0 Å². The summed E-state index contributed by atoms with van der Waals surface area (Å²) in [7, 11) is 0. The first-order chi connectivity index (χ1) is 14.8. The van der Waals surface area contributed by atoms with E-state index in [2.05, 4.69) is 36.2 Å². The van der Waals surface area contributed by atoms with E-state index in [9.17, 15) is 18.0 Å². The molecule has 0 bridgehead atoms. The molecule has 31 heavy (non-hydrogen) atoms. The lowest BCUT2D eigenvalue weighted by Crippen LogP contribution is -2.32. The van der Waals surface area contributed by atoms with E-state index >= 15 is 0 Å². The number of hydrogen-bond acceptors (Lipinski definition) is 6. The third kappa shape index (κ3) is 6.71. The molecule has 4 N–H and O–H groups in total. The van der Waals surface area contributed by atoms with Crippen LogP contribution in [-0.4, -0.2) is 34.1 Å². The molecule has 8 nitrogen and oxygen atoms in total. The summed E-state index contributed by atoms with van der Waals surface area (Å²) in [4.78, 5) is 24.2. The Bertz CT molecular complexity index is 1030. The fourth-order valence-electron chi connectivity index (χ4n) is 2.45. The van der Waals surface area contributed by atoms with Gasteiger partial charge >= 0.3 is 12.2 Å². The van der Waals surface area contributed by atoms with Crippen LogP contribution in [0.2, 0.25) is 5.02 Å². The van der Waals surface area contributed by atoms with Crippen LogP contribution in [0.5, 0.6) is 0 Å². The van der Waals surface area contributed by atoms with Crippen LogP contribution in [0.4, 0.5) is 41.1 Å². The molecule has 0 aliphatic rings. The normalized spacial score (nSPS) is 11.0. The van der Waals surface area contributed by atoms with Crippen LogP contribution in [0, 0.1) is 0 Å². The molecule has 1 aromatic carbocycles. The largest absolute Gasteiger partial charge is 0.417 e. The Hall–Kier alpha value is -3.60. The van der Waals surface area contributed by atoms with E-state index in [-0.39, 0.29) is 12.2 Å². The number of pyridine rings is 1. The summed E-state index contributed by atoms with van der Waals surface area (Å²) in [6.07, 6.45) is -1.60. The minimum absolute atomic E-state index is 0.0248. The van der Waals surface area contributed by atoms with Crippen molar-refractivity contribution in [3.05, 3.63) is 65.6 Å². The number of anilines is 4. The summed E-state index contributed by atoms with van der Waals surface area (Å²) in [5.74, 6) is 1.68. The minimum atomic E-state index is -4.61. The van der Waals surface area contributed by atoms with Crippen LogP contribution < -0.4 is 21.3 Å². The molecule has 162 valence electrons. The smallest absolute Gasteiger partial charge is 0.368 e. The average Bonchev–Trinajstić information content (AvgIpc) is 2.73. The summed E-state index contributed by atoms with van der Waals surface area (Å²) in [6.45, 7) is 0.514. The molecule has 3 aromatic rings. The molecule has 12 heteroatoms. The van der Waals surface area contributed by atoms with Gasteiger partial charge < -0.3 is 21.3 Å². The van der Waals surface area contributed by atoms with E-state index in [0.717, 1.165) is 12.1 Å². The fourth-order valence-corrected chi connectivity index (χ4v) is 2.68. The van der Waals surface area contributed by atoms with E-state index in [1.807, 2.05) is 6.07 Å². The molecular weight excluding hydrogens is 435 g/mol. The number of alkyl halides is 3. The fraction of sp³-hybridized carbons (Fsp3) is 0.158. The molecule has 0 unspecified atom stereocenters. The van der Waals surface area contributed by atoms with Crippen molar-refractivity contribution in [1.82, 2.24) is 20.3 Å². The number of benzene rings is 1. The van der Waals surface area contributed by atoms with Crippen molar-refractivity contribution in [3.8, 4) is 0 Å². The van der Waals surface area contributed by atoms with Gasteiger partial charge in [-0.3, -0.25) is 0 Å². The summed E-state index contributed by atoms with van der Waals surface area (Å²) >= 11 is 5.56. The van der Waals surface area contributed by atoms with Crippen LogP contribution in [0.3, 0.4) is 0 Å². The van der Waals surface area contributed by atoms with Gasteiger partial charge in [-0.2, -0.15) is 13.2 Å². The van der Waals surface area contributed by atoms with Gasteiger partial charge in [-0.05, 0) is 30.3 Å². The van der Waals surface area contributed by atoms with E-state index in [4.69, 9.17) is 11.6 Å². The van der Waals surface area contributed by atoms with Crippen LogP contribution >= 0.6 is 11.6 Å². The zero-order valence-electron chi connectivity index (χ0n) is 15.9. The number of amides is 2. The number of carbonyl (C=O) groups excluding carboxylic acids is 1. The number of aromatic nitrogens is 3. The highest BCUT2D eigenvalue weighted by Crippen LogP contribution is 2.36. The summed E-state index contributed by atoms with van der Waals surface area (Å²) in [5, 5.41) is 10.5. The maximum Gasteiger partial charge on any atom is 0.417 e. The van der Waals surface area contributed by atoms with E-state index < -0.39 is 22.8 Å². The monoisotopic (exact) mass is 451 g/mol. The Morgan fingerprint density at radius 3 is 2.52 bits per heavy atom. The van der Waals surface area contributed by atoms with Crippen LogP contribution in [0.15, 0.2) is 55.0 Å². The molecule has 2 heterocycles. The van der Waals surface area contributed by atoms with Crippen molar-refractivity contribution in [1.29, 1.82) is 0 Å². The molecule has 0 fully saturated rings. The minimum Gasteiger partial charge on any atom is -0.368 e. The molecule has 2 aromatic heterocycles. The van der Waals surface area contributed by atoms with Crippen molar-refractivity contribution in [2.45, 2.75) is 6.18 Å². The molecule has 0 aliphatic carbocycles. The quantitative estimate of drug-likeness (QED) is 0.394. The zero-order chi connectivity index (χ0) is 22.3. The number of nitrogens with one attached hydrogen (secondary N) is 4. The predicted molar refractivity (Wildman–Crippen MR) is 112 cm³/mol. The molecule has 0 saturated heterocycles. The highest BCUT2D eigenvalue weighted by molar-refractivity contribution is 6.31. The second kappa shape index (κ2) is 9.94. The van der Waals surface area contributed by atoms with Crippen LogP contribution in [0.1, 0.15) is 5.56 Å². The highest BCUT2D eigenvalue weighted by Gasteiger charge is 2.33. The van der Waals surface area contributed by atoms with Gasteiger partial charge in [-0.25, -0.2) is 19.7 Å². The number of urea groups is 1. The molecule has 2 amide bonds. The highest BCUT2D eigenvalue weighted by atomic mass is 35.5. The molecular formula is C19H17ClF3N7O. The molecule has 0 radical (unpaired) electrons. The Labute approximate surface area is 180 Å². The SMILES string of the molecule is O=C(NCCNc1cc(Nc2ccccn2)ncn1)Nc1ccc(Cl)c(C(F)(F)F)c1. The van der Waals surface area contributed by atoms with Crippen molar-refractivity contribution < 1.29 is 18.0 Å². The summed E-state index contributed by atoms with van der Waals surface area (Å²) in [6, 6.07) is 9.56. The third-order valence-corrected chi connectivity index (χ3v) is 4.16. The second-order valence-electron chi connectivity index (χ2n) is 6.13. The van der Waals surface area contributed by atoms with Gasteiger partial charge in [0.05, 0.1) is 10.6 Å². The van der Waals surface area contributed by atoms with Gasteiger partial charge in [-0.1, -0.05) is 17.7 Å². The van der Waals surface area contributed by atoms with Gasteiger partial charge in [0.2, 0.25) is 0 Å². The molecule has 0 aliphatic heterocycles. The van der Waals surface area contributed by atoms with Gasteiger partial charge in [0.25, 0.3) is 0 Å². The molecule has 0 saturated carbocycles. The van der Waals surface area contributed by atoms with Gasteiger partial charge in [0.15, 0.2) is 0 Å². The Balaban J connectivity index is 1.46. The zero-order valence-corrected chi connectivity index (χ0v) is 16.6. The van der Waals surface area contributed by atoms with Crippen molar-refractivity contribution >= 4 is 40.8 Å². The van der Waals surface area contributed by atoms with E-state index in [1.54, 1.807) is 24.4 Å². The second-order valence-corrected chi connectivity index (χ2v) is 6.54. The summed E-state index contributed by atoms with van der Waals surface area (Å²) in [5.41, 5.74) is -1.05. The first-order valence-corrected chi connectivity index (χ1v) is 9.34. The Morgan fingerprint density at radius 2 is 1.77 bits per heavy atom. The van der Waals surface area contributed by atoms with E-state index in [0.29, 0.717) is 24.0 Å². The number of hydrogen-bond donors (Lipinski definition) is 4. The Kier molecular flexibility index (Phi) is 7.08. The first kappa shape index (κ1) is 22.1. The lowest BCUT2D eigenvalue weighted by atomic mass is 10.2. The van der Waals surface area contributed by atoms with Crippen LogP contribution in [0.25, 0.3) is 0 Å². The van der Waals surface area contributed by atoms with Gasteiger partial charge in [0.1, 0.15) is 23.8 Å². The van der Waals surface area contributed by atoms with Gasteiger partial charge in [-0.15, -0.1) is 0 Å². The maximum absolute atomic E-state index is 12.9. The average molecular weight is 452 g/mol. The number of rotatable bonds is 7. The molecule has 0 atom stereocenters. The molecule has 3 rings (SSSR count). The topological polar surface area (TPSA) is 104 Å². The third-order valence-electron chi connectivity index (χ3n) is 3.83. The first-order valence-electron chi connectivity index (χ1n) is 8.97. The van der Waals surface area contributed by atoms with Crippen molar-refractivity contribution in [2.24, 2.45) is 0 Å². The Morgan fingerprint density at radius 1 is 0.968 bits per heavy atom. The predicted octanol–water partition coefficient (Wildman–Crippen LogP) is 4.52.